The van der Waals surface area contributed by atoms with Crippen molar-refractivity contribution in [3.63, 3.8) is 0 Å². The average molecular weight is 224 g/mol. The monoisotopic (exact) mass is 224 g/mol. The molecule has 0 aliphatic rings. The van der Waals surface area contributed by atoms with Gasteiger partial charge in [-0.25, -0.2) is 4.39 Å². The number of hydrogen-bond donors (Lipinski definition) is 2. The molecule has 0 aromatic heterocycles. The third kappa shape index (κ3) is 2.94. The van der Waals surface area contributed by atoms with E-state index in [1.54, 1.807) is 13.0 Å². The van der Waals surface area contributed by atoms with Crippen LogP contribution in [-0.4, -0.2) is 18.8 Å². The van der Waals surface area contributed by atoms with E-state index >= 15 is 0 Å². The number of hydrogen-bond acceptors (Lipinski definition) is 3. The van der Waals surface area contributed by atoms with Crippen molar-refractivity contribution in [1.29, 1.82) is 0 Å². The molecule has 16 heavy (non-hydrogen) atoms. The fourth-order valence-corrected chi connectivity index (χ4v) is 1.08. The van der Waals surface area contributed by atoms with Gasteiger partial charge in [-0.2, -0.15) is 5.10 Å². The molecule has 0 heterocycles. The highest BCUT2D eigenvalue weighted by molar-refractivity contribution is 5.99. The molecule has 0 atom stereocenters. The van der Waals surface area contributed by atoms with Crippen LogP contribution in [0, 0.1) is 5.82 Å². The van der Waals surface area contributed by atoms with Crippen molar-refractivity contribution < 1.29 is 9.13 Å². The Morgan fingerprint density at radius 2 is 2.00 bits per heavy atom. The normalized spacial score (nSPS) is 11.1. The Hall–Kier alpha value is -2.11. The predicted octanol–water partition coefficient (Wildman–Crippen LogP) is 0.832. The van der Waals surface area contributed by atoms with Crippen LogP contribution in [0.5, 0.6) is 5.75 Å². The SMILES string of the molecule is COc1ccc(/C(C)=N\N=C(N)N)cc1F. The quantitative estimate of drug-likeness (QED) is 0.453. The van der Waals surface area contributed by atoms with Crippen LogP contribution in [0.25, 0.3) is 0 Å². The van der Waals surface area contributed by atoms with Crippen molar-refractivity contribution in [3.05, 3.63) is 29.6 Å². The fourth-order valence-electron chi connectivity index (χ4n) is 1.08. The molecule has 0 amide bonds. The molecule has 0 radical (unpaired) electrons. The zero-order valence-electron chi connectivity index (χ0n) is 9.07. The van der Waals surface area contributed by atoms with Crippen LogP contribution in [0.1, 0.15) is 12.5 Å². The van der Waals surface area contributed by atoms with Crippen LogP contribution in [0.2, 0.25) is 0 Å². The minimum absolute atomic E-state index is 0.145. The molecule has 1 aromatic carbocycles. The second kappa shape index (κ2) is 5.11. The molecule has 6 heteroatoms. The molecule has 0 saturated carbocycles. The maximum absolute atomic E-state index is 13.3. The molecule has 5 nitrogen and oxygen atoms in total. The molecule has 1 aromatic rings. The van der Waals surface area contributed by atoms with E-state index in [0.717, 1.165) is 0 Å². The van der Waals surface area contributed by atoms with Gasteiger partial charge in [0.15, 0.2) is 11.6 Å². The minimum atomic E-state index is -0.459. The van der Waals surface area contributed by atoms with E-state index in [0.29, 0.717) is 11.3 Å². The Bertz CT molecular complexity index is 438. The number of nitrogens with zero attached hydrogens (tertiary/aromatic N) is 2. The van der Waals surface area contributed by atoms with Gasteiger partial charge < -0.3 is 16.2 Å². The Morgan fingerprint density at radius 3 is 2.50 bits per heavy atom. The fraction of sp³-hybridized carbons (Fsp3) is 0.200. The Kier molecular flexibility index (Phi) is 3.82. The summed E-state index contributed by atoms with van der Waals surface area (Å²) in [6.45, 7) is 1.67. The zero-order chi connectivity index (χ0) is 12.1. The van der Waals surface area contributed by atoms with Crippen molar-refractivity contribution in [2.75, 3.05) is 7.11 Å². The first-order chi connectivity index (χ1) is 7.54. The van der Waals surface area contributed by atoms with Gasteiger partial charge >= 0.3 is 0 Å². The minimum Gasteiger partial charge on any atom is -0.494 e. The van der Waals surface area contributed by atoms with E-state index in [9.17, 15) is 4.39 Å². The molecular weight excluding hydrogens is 211 g/mol. The lowest BCUT2D eigenvalue weighted by molar-refractivity contribution is 0.386. The number of benzene rings is 1. The third-order valence-electron chi connectivity index (χ3n) is 1.89. The van der Waals surface area contributed by atoms with E-state index in [4.69, 9.17) is 16.2 Å². The van der Waals surface area contributed by atoms with Gasteiger partial charge in [-0.05, 0) is 25.1 Å². The van der Waals surface area contributed by atoms with Crippen molar-refractivity contribution in [2.24, 2.45) is 21.7 Å². The number of rotatable bonds is 3. The van der Waals surface area contributed by atoms with Crippen molar-refractivity contribution in [3.8, 4) is 5.75 Å². The number of methoxy groups -OCH3 is 1. The molecule has 0 aliphatic carbocycles. The largest absolute Gasteiger partial charge is 0.494 e. The first kappa shape index (κ1) is 12.0. The van der Waals surface area contributed by atoms with Gasteiger partial charge in [0, 0.05) is 5.56 Å². The molecule has 0 fully saturated rings. The van der Waals surface area contributed by atoms with Crippen LogP contribution in [0.4, 0.5) is 4.39 Å². The highest BCUT2D eigenvalue weighted by Crippen LogP contribution is 2.18. The summed E-state index contributed by atoms with van der Waals surface area (Å²) in [6.07, 6.45) is 0. The lowest BCUT2D eigenvalue weighted by Crippen LogP contribution is -2.22. The van der Waals surface area contributed by atoms with Crippen LogP contribution in [0.15, 0.2) is 28.4 Å². The summed E-state index contributed by atoms with van der Waals surface area (Å²) in [4.78, 5) is 0. The number of nitrogens with two attached hydrogens (primary N) is 2. The van der Waals surface area contributed by atoms with E-state index < -0.39 is 5.82 Å². The Labute approximate surface area is 92.6 Å². The maximum atomic E-state index is 13.3. The summed E-state index contributed by atoms with van der Waals surface area (Å²) in [5.74, 6) is -0.425. The van der Waals surface area contributed by atoms with E-state index in [1.165, 1.54) is 19.2 Å². The molecule has 0 spiro atoms. The van der Waals surface area contributed by atoms with Gasteiger partial charge in [-0.3, -0.25) is 0 Å². The van der Waals surface area contributed by atoms with Crippen LogP contribution < -0.4 is 16.2 Å². The van der Waals surface area contributed by atoms with Crippen LogP contribution in [0.3, 0.4) is 0 Å². The molecular formula is C10H13FN4O. The summed E-state index contributed by atoms with van der Waals surface area (Å²) in [6, 6.07) is 4.49. The molecule has 0 unspecified atom stereocenters. The maximum Gasteiger partial charge on any atom is 0.211 e. The summed E-state index contributed by atoms with van der Waals surface area (Å²) >= 11 is 0. The van der Waals surface area contributed by atoms with Gasteiger partial charge in [0.25, 0.3) is 0 Å². The summed E-state index contributed by atoms with van der Waals surface area (Å²) < 4.78 is 18.1. The zero-order valence-corrected chi connectivity index (χ0v) is 9.07. The number of ether oxygens (including phenoxy) is 1. The Balaban J connectivity index is 3.02. The summed E-state index contributed by atoms with van der Waals surface area (Å²) in [7, 11) is 1.40. The number of guanidine groups is 1. The third-order valence-corrected chi connectivity index (χ3v) is 1.89. The van der Waals surface area contributed by atoms with E-state index in [2.05, 4.69) is 10.2 Å². The summed E-state index contributed by atoms with van der Waals surface area (Å²) in [5, 5.41) is 7.22. The van der Waals surface area contributed by atoms with Crippen LogP contribution in [-0.2, 0) is 0 Å². The predicted molar refractivity (Wildman–Crippen MR) is 61.0 cm³/mol. The topological polar surface area (TPSA) is 86.0 Å². The van der Waals surface area contributed by atoms with E-state index in [1.807, 2.05) is 0 Å². The Morgan fingerprint density at radius 1 is 1.31 bits per heavy atom. The second-order valence-electron chi connectivity index (χ2n) is 3.06. The lowest BCUT2D eigenvalue weighted by Gasteiger charge is -2.03. The lowest BCUT2D eigenvalue weighted by atomic mass is 10.1. The molecule has 86 valence electrons. The molecule has 0 bridgehead atoms. The first-order valence-corrected chi connectivity index (χ1v) is 4.51. The summed E-state index contributed by atoms with van der Waals surface area (Å²) in [5.41, 5.74) is 11.3. The van der Waals surface area contributed by atoms with Crippen molar-refractivity contribution in [1.82, 2.24) is 0 Å². The standard InChI is InChI=1S/C10H13FN4O/c1-6(14-15-10(12)13)7-3-4-9(16-2)8(11)5-7/h3-5H,1-2H3,(H4,12,13,15)/b14-6-. The van der Waals surface area contributed by atoms with E-state index in [-0.39, 0.29) is 11.7 Å². The average Bonchev–Trinajstić information content (AvgIpc) is 2.25. The van der Waals surface area contributed by atoms with Crippen molar-refractivity contribution in [2.45, 2.75) is 6.92 Å². The first-order valence-electron chi connectivity index (χ1n) is 4.51. The highest BCUT2D eigenvalue weighted by Gasteiger charge is 2.05. The molecule has 0 aliphatic heterocycles. The smallest absolute Gasteiger partial charge is 0.211 e. The van der Waals surface area contributed by atoms with Gasteiger partial charge in [-0.15, -0.1) is 5.10 Å². The van der Waals surface area contributed by atoms with Crippen LogP contribution >= 0.6 is 0 Å². The van der Waals surface area contributed by atoms with Crippen molar-refractivity contribution >= 4 is 11.7 Å². The number of halogens is 1. The van der Waals surface area contributed by atoms with Gasteiger partial charge in [-0.1, -0.05) is 0 Å². The van der Waals surface area contributed by atoms with Gasteiger partial charge in [0.2, 0.25) is 5.96 Å². The molecule has 1 rings (SSSR count). The van der Waals surface area contributed by atoms with Gasteiger partial charge in [0.05, 0.1) is 12.8 Å². The molecule has 4 N–H and O–H groups in total. The van der Waals surface area contributed by atoms with Gasteiger partial charge in [0.1, 0.15) is 0 Å². The highest BCUT2D eigenvalue weighted by atomic mass is 19.1. The molecule has 0 saturated heterocycles. The second-order valence-corrected chi connectivity index (χ2v) is 3.06.